The first kappa shape index (κ1) is 50.7. The number of rotatable bonds is 38. The first-order valence-electron chi connectivity index (χ1n) is 20.3. The second-order valence-corrected chi connectivity index (χ2v) is 14.8. The van der Waals surface area contributed by atoms with Crippen LogP contribution in [0.1, 0.15) is 155 Å². The Morgan fingerprint density at radius 2 is 1.09 bits per heavy atom. The molecule has 0 amide bonds. The van der Waals surface area contributed by atoms with Crippen LogP contribution < -0.4 is 5.73 Å². The van der Waals surface area contributed by atoms with Crippen LogP contribution in [0, 0.1) is 0 Å². The zero-order valence-electron chi connectivity index (χ0n) is 33.1. The van der Waals surface area contributed by atoms with E-state index in [0.717, 1.165) is 77.0 Å². The van der Waals surface area contributed by atoms with Crippen molar-refractivity contribution in [2.75, 3.05) is 26.4 Å². The van der Waals surface area contributed by atoms with E-state index >= 15 is 0 Å². The molecule has 0 aromatic heterocycles. The molecular formula is C42H74NO9P. The number of unbranched alkanes of at least 4 members (excludes halogenated alkanes) is 14. The molecule has 0 bridgehead atoms. The Balaban J connectivity index is 4.18. The quantitative estimate of drug-likeness (QED) is 0.0239. The van der Waals surface area contributed by atoms with Gasteiger partial charge in [-0.15, -0.1) is 0 Å². The SMILES string of the molecule is CC/C=C\C/C=C\C/C=C\C/C=C\C/C=C\CCCCCCCCCC(=O)OC(COCCCCCCCCCC)COP(=O)(O)OCC(N)C(=O)O. The summed E-state index contributed by atoms with van der Waals surface area (Å²) in [6.45, 7) is 3.70. The normalized spacial score (nSPS) is 14.6. The Labute approximate surface area is 322 Å². The molecule has 0 spiro atoms. The Hall–Kier alpha value is -2.33. The fourth-order valence-corrected chi connectivity index (χ4v) is 5.94. The van der Waals surface area contributed by atoms with Gasteiger partial charge in [-0.2, -0.15) is 0 Å². The molecule has 0 aliphatic carbocycles. The number of carboxylic acids is 1. The molecular weight excluding hydrogens is 693 g/mol. The van der Waals surface area contributed by atoms with Crippen LogP contribution in [0.15, 0.2) is 60.8 Å². The minimum Gasteiger partial charge on any atom is -0.480 e. The van der Waals surface area contributed by atoms with E-state index in [0.29, 0.717) is 13.0 Å². The first-order valence-corrected chi connectivity index (χ1v) is 21.8. The maximum Gasteiger partial charge on any atom is 0.472 e. The van der Waals surface area contributed by atoms with Gasteiger partial charge in [-0.3, -0.25) is 18.6 Å². The van der Waals surface area contributed by atoms with Gasteiger partial charge >= 0.3 is 19.8 Å². The highest BCUT2D eigenvalue weighted by Crippen LogP contribution is 2.43. The lowest BCUT2D eigenvalue weighted by molar-refractivity contribution is -0.154. The summed E-state index contributed by atoms with van der Waals surface area (Å²) in [6, 6.07) is -1.47. The zero-order valence-corrected chi connectivity index (χ0v) is 34.0. The number of ether oxygens (including phenoxy) is 2. The first-order chi connectivity index (χ1) is 25.7. The van der Waals surface area contributed by atoms with Gasteiger partial charge in [0, 0.05) is 13.0 Å². The third-order valence-corrected chi connectivity index (χ3v) is 9.26. The van der Waals surface area contributed by atoms with Crippen molar-refractivity contribution < 1.29 is 42.7 Å². The van der Waals surface area contributed by atoms with Crippen molar-refractivity contribution >= 4 is 19.8 Å². The van der Waals surface area contributed by atoms with Crippen LogP contribution in [0.25, 0.3) is 0 Å². The smallest absolute Gasteiger partial charge is 0.472 e. The summed E-state index contributed by atoms with van der Waals surface area (Å²) in [5.74, 6) is -1.80. The minimum atomic E-state index is -4.61. The van der Waals surface area contributed by atoms with Crippen molar-refractivity contribution in [3.05, 3.63) is 60.8 Å². The summed E-state index contributed by atoms with van der Waals surface area (Å²) in [4.78, 5) is 33.4. The van der Waals surface area contributed by atoms with Crippen LogP contribution in [0.5, 0.6) is 0 Å². The molecule has 306 valence electrons. The number of hydrogen-bond acceptors (Lipinski definition) is 8. The summed E-state index contributed by atoms with van der Waals surface area (Å²) >= 11 is 0. The van der Waals surface area contributed by atoms with E-state index in [1.165, 1.54) is 51.4 Å². The van der Waals surface area contributed by atoms with Gasteiger partial charge in [-0.05, 0) is 57.8 Å². The summed E-state index contributed by atoms with van der Waals surface area (Å²) in [6.07, 6.45) is 44.3. The van der Waals surface area contributed by atoms with E-state index in [1.54, 1.807) is 0 Å². The van der Waals surface area contributed by atoms with Crippen LogP contribution >= 0.6 is 7.82 Å². The van der Waals surface area contributed by atoms with Gasteiger partial charge in [0.25, 0.3) is 0 Å². The molecule has 11 heteroatoms. The number of carboxylic acid groups (broad SMARTS) is 1. The van der Waals surface area contributed by atoms with Crippen molar-refractivity contribution in [2.24, 2.45) is 5.73 Å². The van der Waals surface area contributed by atoms with Gasteiger partial charge in [0.05, 0.1) is 19.8 Å². The Bertz CT molecular complexity index is 1070. The molecule has 0 aromatic carbocycles. The van der Waals surface area contributed by atoms with Crippen molar-refractivity contribution in [1.82, 2.24) is 0 Å². The molecule has 0 aliphatic heterocycles. The van der Waals surface area contributed by atoms with Crippen molar-refractivity contribution in [3.8, 4) is 0 Å². The molecule has 0 saturated heterocycles. The van der Waals surface area contributed by atoms with Gasteiger partial charge in [0.2, 0.25) is 0 Å². The summed E-state index contributed by atoms with van der Waals surface area (Å²) in [5, 5.41) is 8.86. The monoisotopic (exact) mass is 768 g/mol. The molecule has 10 nitrogen and oxygen atoms in total. The van der Waals surface area contributed by atoms with E-state index < -0.39 is 45.1 Å². The Kier molecular flexibility index (Phi) is 36.3. The van der Waals surface area contributed by atoms with E-state index in [4.69, 9.17) is 24.8 Å². The van der Waals surface area contributed by atoms with Crippen LogP contribution in [0.2, 0.25) is 0 Å². The number of allylic oxidation sites excluding steroid dienone is 10. The van der Waals surface area contributed by atoms with Gasteiger partial charge < -0.3 is 25.2 Å². The molecule has 4 N–H and O–H groups in total. The third-order valence-electron chi connectivity index (χ3n) is 8.31. The maximum absolute atomic E-state index is 12.6. The van der Waals surface area contributed by atoms with E-state index in [9.17, 15) is 19.0 Å². The number of carbonyl (C=O) groups is 2. The molecule has 0 radical (unpaired) electrons. The summed E-state index contributed by atoms with van der Waals surface area (Å²) < 4.78 is 33.1. The molecule has 0 fully saturated rings. The van der Waals surface area contributed by atoms with Gasteiger partial charge in [0.15, 0.2) is 0 Å². The molecule has 0 saturated carbocycles. The maximum atomic E-state index is 12.6. The fourth-order valence-electron chi connectivity index (χ4n) is 5.16. The largest absolute Gasteiger partial charge is 0.480 e. The predicted octanol–water partition coefficient (Wildman–Crippen LogP) is 10.9. The third kappa shape index (κ3) is 37.8. The predicted molar refractivity (Wildman–Crippen MR) is 217 cm³/mol. The topological polar surface area (TPSA) is 155 Å². The molecule has 3 unspecified atom stereocenters. The van der Waals surface area contributed by atoms with Crippen LogP contribution in [-0.4, -0.2) is 60.5 Å². The van der Waals surface area contributed by atoms with Crippen molar-refractivity contribution in [1.29, 1.82) is 0 Å². The van der Waals surface area contributed by atoms with E-state index in [-0.39, 0.29) is 13.0 Å². The lowest BCUT2D eigenvalue weighted by atomic mass is 10.1. The summed E-state index contributed by atoms with van der Waals surface area (Å²) in [5.41, 5.74) is 5.33. The number of phosphoric ester groups is 1. The van der Waals surface area contributed by atoms with Crippen molar-refractivity contribution in [2.45, 2.75) is 167 Å². The average molecular weight is 768 g/mol. The van der Waals surface area contributed by atoms with Crippen molar-refractivity contribution in [3.63, 3.8) is 0 Å². The second-order valence-electron chi connectivity index (χ2n) is 13.4. The van der Waals surface area contributed by atoms with Gasteiger partial charge in [-0.1, -0.05) is 152 Å². The van der Waals surface area contributed by atoms with Gasteiger partial charge in [-0.25, -0.2) is 4.57 Å². The minimum absolute atomic E-state index is 0.0104. The van der Waals surface area contributed by atoms with Crippen LogP contribution in [-0.2, 0) is 32.7 Å². The lowest BCUT2D eigenvalue weighted by Gasteiger charge is -2.20. The number of hydrogen-bond donors (Lipinski definition) is 3. The molecule has 0 rings (SSSR count). The van der Waals surface area contributed by atoms with Gasteiger partial charge in [0.1, 0.15) is 12.1 Å². The lowest BCUT2D eigenvalue weighted by Crippen LogP contribution is -2.34. The van der Waals surface area contributed by atoms with Crippen LogP contribution in [0.3, 0.4) is 0 Å². The highest BCUT2D eigenvalue weighted by molar-refractivity contribution is 7.47. The number of aliphatic carboxylic acids is 1. The standard InChI is InChI=1S/C42H74NO9P/c1-3-5-7-9-11-13-14-15-16-17-18-19-20-21-22-23-24-25-26-27-28-30-32-34-41(44)52-39(36-49-35-33-31-29-12-10-8-6-4-2)37-50-53(47,48)51-38-40(43)42(45)46/h5,7,11,13,15-16,18-19,21-22,39-40H,3-4,6,8-10,12,14,17,20,23-38,43H2,1-2H3,(H,45,46)(H,47,48)/b7-5-,13-11-,16-15-,19-18-,22-21-. The molecule has 0 aliphatic rings. The van der Waals surface area contributed by atoms with Crippen LogP contribution in [0.4, 0.5) is 0 Å². The average Bonchev–Trinajstić information content (AvgIpc) is 3.13. The molecule has 53 heavy (non-hydrogen) atoms. The number of phosphoric acid groups is 1. The van der Waals surface area contributed by atoms with E-state index in [1.807, 2.05) is 0 Å². The van der Waals surface area contributed by atoms with E-state index in [2.05, 4.69) is 79.1 Å². The summed E-state index contributed by atoms with van der Waals surface area (Å²) in [7, 11) is -4.61. The number of esters is 1. The molecule has 0 heterocycles. The zero-order chi connectivity index (χ0) is 39.1. The second kappa shape index (κ2) is 38.0. The highest BCUT2D eigenvalue weighted by atomic mass is 31.2. The highest BCUT2D eigenvalue weighted by Gasteiger charge is 2.27. The Morgan fingerprint density at radius 3 is 1.64 bits per heavy atom. The molecule has 3 atom stereocenters. The Morgan fingerprint density at radius 1 is 0.623 bits per heavy atom. The number of nitrogens with two attached hydrogens (primary N) is 1. The number of carbonyl (C=O) groups excluding carboxylic acids is 1. The molecule has 0 aromatic rings. The fraction of sp³-hybridized carbons (Fsp3) is 0.714.